The summed E-state index contributed by atoms with van der Waals surface area (Å²) in [6.45, 7) is 3.54. The maximum absolute atomic E-state index is 13.3. The second kappa shape index (κ2) is 7.51. The zero-order valence-corrected chi connectivity index (χ0v) is 14.5. The Morgan fingerprint density at radius 3 is 2.42 bits per heavy atom. The number of benzene rings is 2. The maximum atomic E-state index is 13.3. The van der Waals surface area contributed by atoms with Gasteiger partial charge in [0, 0.05) is 38.3 Å². The number of hydrogen-bond donors (Lipinski definition) is 0. The van der Waals surface area contributed by atoms with E-state index >= 15 is 0 Å². The van der Waals surface area contributed by atoms with E-state index in [2.05, 4.69) is 4.90 Å². The first-order valence-corrected chi connectivity index (χ1v) is 8.49. The van der Waals surface area contributed by atoms with Crippen LogP contribution in [0.2, 0.25) is 10.0 Å². The summed E-state index contributed by atoms with van der Waals surface area (Å²) in [7, 11) is 0. The summed E-state index contributed by atoms with van der Waals surface area (Å²) in [6.07, 6.45) is 0. The molecule has 0 aliphatic carbocycles. The summed E-state index contributed by atoms with van der Waals surface area (Å²) in [5, 5.41) is 1.10. The van der Waals surface area contributed by atoms with Gasteiger partial charge in [-0.2, -0.15) is 0 Å². The van der Waals surface area contributed by atoms with Crippen molar-refractivity contribution in [2.45, 2.75) is 6.54 Å². The average molecular weight is 367 g/mol. The minimum Gasteiger partial charge on any atom is -0.336 e. The van der Waals surface area contributed by atoms with Crippen LogP contribution >= 0.6 is 23.2 Å². The fourth-order valence-electron chi connectivity index (χ4n) is 2.81. The molecule has 2 aromatic rings. The van der Waals surface area contributed by atoms with Gasteiger partial charge < -0.3 is 4.90 Å². The maximum Gasteiger partial charge on any atom is 0.254 e. The molecule has 1 amide bonds. The van der Waals surface area contributed by atoms with E-state index in [1.807, 2.05) is 12.1 Å². The summed E-state index contributed by atoms with van der Waals surface area (Å²) in [6, 6.07) is 11.4. The van der Waals surface area contributed by atoms with E-state index in [0.717, 1.165) is 25.2 Å². The summed E-state index contributed by atoms with van der Waals surface area (Å²) in [5.41, 5.74) is 1.49. The SMILES string of the molecule is O=C(c1cccc(F)c1)N1CCN(Cc2ccc(Cl)c(Cl)c2)CC1. The number of rotatable bonds is 3. The lowest BCUT2D eigenvalue weighted by molar-refractivity contribution is 0.0628. The van der Waals surface area contributed by atoms with E-state index in [4.69, 9.17) is 23.2 Å². The molecular weight excluding hydrogens is 350 g/mol. The minimum atomic E-state index is -0.390. The number of carbonyl (C=O) groups is 1. The first-order valence-electron chi connectivity index (χ1n) is 7.74. The number of amides is 1. The van der Waals surface area contributed by atoms with Crippen LogP contribution in [0, 0.1) is 5.82 Å². The van der Waals surface area contributed by atoms with Crippen LogP contribution in [0.3, 0.4) is 0 Å². The Morgan fingerprint density at radius 2 is 1.75 bits per heavy atom. The second-order valence-corrected chi connectivity index (χ2v) is 6.64. The van der Waals surface area contributed by atoms with E-state index < -0.39 is 0 Å². The van der Waals surface area contributed by atoms with Gasteiger partial charge in [0.1, 0.15) is 5.82 Å². The van der Waals surface area contributed by atoms with Crippen LogP contribution in [-0.2, 0) is 6.54 Å². The molecule has 1 heterocycles. The molecular formula is C18H17Cl2FN2O. The van der Waals surface area contributed by atoms with Gasteiger partial charge in [0.05, 0.1) is 10.0 Å². The molecule has 0 radical (unpaired) electrons. The molecule has 0 N–H and O–H groups in total. The predicted molar refractivity (Wildman–Crippen MR) is 94.0 cm³/mol. The highest BCUT2D eigenvalue weighted by Crippen LogP contribution is 2.23. The Bertz CT molecular complexity index is 746. The van der Waals surface area contributed by atoms with Crippen molar-refractivity contribution in [1.29, 1.82) is 0 Å². The summed E-state index contributed by atoms with van der Waals surface area (Å²) in [4.78, 5) is 16.4. The molecule has 0 atom stereocenters. The fourth-order valence-corrected chi connectivity index (χ4v) is 3.13. The molecule has 0 unspecified atom stereocenters. The molecule has 0 aromatic heterocycles. The highest BCUT2D eigenvalue weighted by atomic mass is 35.5. The molecule has 24 heavy (non-hydrogen) atoms. The van der Waals surface area contributed by atoms with Crippen molar-refractivity contribution >= 4 is 29.1 Å². The van der Waals surface area contributed by atoms with Crippen LogP contribution < -0.4 is 0 Å². The van der Waals surface area contributed by atoms with Crippen LogP contribution in [0.5, 0.6) is 0 Å². The van der Waals surface area contributed by atoms with Crippen LogP contribution in [-0.4, -0.2) is 41.9 Å². The monoisotopic (exact) mass is 366 g/mol. The lowest BCUT2D eigenvalue weighted by Gasteiger charge is -2.34. The van der Waals surface area contributed by atoms with Crippen LogP contribution in [0.25, 0.3) is 0 Å². The Balaban J connectivity index is 1.57. The van der Waals surface area contributed by atoms with Crippen molar-refractivity contribution in [2.75, 3.05) is 26.2 Å². The lowest BCUT2D eigenvalue weighted by atomic mass is 10.1. The number of carbonyl (C=O) groups excluding carboxylic acids is 1. The predicted octanol–water partition coefficient (Wildman–Crippen LogP) is 4.09. The zero-order valence-electron chi connectivity index (χ0n) is 13.0. The third kappa shape index (κ3) is 4.07. The molecule has 1 aliphatic rings. The summed E-state index contributed by atoms with van der Waals surface area (Å²) in [5.74, 6) is -0.511. The molecule has 3 rings (SSSR count). The molecule has 0 spiro atoms. The van der Waals surface area contributed by atoms with Gasteiger partial charge in [0.2, 0.25) is 0 Å². The quantitative estimate of drug-likeness (QED) is 0.816. The molecule has 2 aromatic carbocycles. The van der Waals surface area contributed by atoms with Crippen molar-refractivity contribution < 1.29 is 9.18 Å². The van der Waals surface area contributed by atoms with Gasteiger partial charge in [0.15, 0.2) is 0 Å². The molecule has 0 bridgehead atoms. The third-order valence-electron chi connectivity index (χ3n) is 4.12. The van der Waals surface area contributed by atoms with Crippen molar-refractivity contribution in [3.8, 4) is 0 Å². The van der Waals surface area contributed by atoms with Gasteiger partial charge in [0.25, 0.3) is 5.91 Å². The van der Waals surface area contributed by atoms with Gasteiger partial charge >= 0.3 is 0 Å². The van der Waals surface area contributed by atoms with Crippen molar-refractivity contribution in [3.63, 3.8) is 0 Å². The number of halogens is 3. The summed E-state index contributed by atoms with van der Waals surface area (Å²) >= 11 is 12.0. The Kier molecular flexibility index (Phi) is 5.39. The van der Waals surface area contributed by atoms with E-state index in [9.17, 15) is 9.18 Å². The second-order valence-electron chi connectivity index (χ2n) is 5.83. The first-order chi connectivity index (χ1) is 11.5. The molecule has 1 aliphatic heterocycles. The topological polar surface area (TPSA) is 23.6 Å². The van der Waals surface area contributed by atoms with Gasteiger partial charge in [-0.1, -0.05) is 35.3 Å². The molecule has 6 heteroatoms. The number of piperazine rings is 1. The van der Waals surface area contributed by atoms with Crippen LogP contribution in [0.4, 0.5) is 4.39 Å². The molecule has 126 valence electrons. The van der Waals surface area contributed by atoms with Crippen LogP contribution in [0.1, 0.15) is 15.9 Å². The third-order valence-corrected chi connectivity index (χ3v) is 4.86. The Labute approximate surface area is 150 Å². The van der Waals surface area contributed by atoms with Crippen LogP contribution in [0.15, 0.2) is 42.5 Å². The first kappa shape index (κ1) is 17.2. The average Bonchev–Trinajstić information content (AvgIpc) is 2.58. The molecule has 0 saturated carbocycles. The van der Waals surface area contributed by atoms with E-state index in [-0.39, 0.29) is 11.7 Å². The minimum absolute atomic E-state index is 0.122. The normalized spacial score (nSPS) is 15.5. The van der Waals surface area contributed by atoms with E-state index in [0.29, 0.717) is 28.7 Å². The van der Waals surface area contributed by atoms with Crippen molar-refractivity contribution in [1.82, 2.24) is 9.80 Å². The number of hydrogen-bond acceptors (Lipinski definition) is 2. The smallest absolute Gasteiger partial charge is 0.254 e. The standard InChI is InChI=1S/C18H17Cl2FN2O/c19-16-5-4-13(10-17(16)20)12-22-6-8-23(9-7-22)18(24)14-2-1-3-15(21)11-14/h1-5,10-11H,6-9,12H2. The van der Waals surface area contributed by atoms with E-state index in [1.54, 1.807) is 23.1 Å². The Hall–Kier alpha value is -1.62. The van der Waals surface area contributed by atoms with E-state index in [1.165, 1.54) is 12.1 Å². The van der Waals surface area contributed by atoms with Crippen molar-refractivity contribution in [3.05, 3.63) is 69.5 Å². The largest absolute Gasteiger partial charge is 0.336 e. The van der Waals surface area contributed by atoms with Crippen molar-refractivity contribution in [2.24, 2.45) is 0 Å². The number of nitrogens with zero attached hydrogens (tertiary/aromatic N) is 2. The van der Waals surface area contributed by atoms with Gasteiger partial charge in [-0.05, 0) is 35.9 Å². The fraction of sp³-hybridized carbons (Fsp3) is 0.278. The molecule has 1 saturated heterocycles. The highest BCUT2D eigenvalue weighted by molar-refractivity contribution is 6.42. The highest BCUT2D eigenvalue weighted by Gasteiger charge is 2.22. The van der Waals surface area contributed by atoms with Gasteiger partial charge in [-0.15, -0.1) is 0 Å². The summed E-state index contributed by atoms with van der Waals surface area (Å²) < 4.78 is 13.3. The molecule has 3 nitrogen and oxygen atoms in total. The zero-order chi connectivity index (χ0) is 17.1. The van der Waals surface area contributed by atoms with Gasteiger partial charge in [-0.25, -0.2) is 4.39 Å². The van der Waals surface area contributed by atoms with Gasteiger partial charge in [-0.3, -0.25) is 9.69 Å². The molecule has 1 fully saturated rings. The Morgan fingerprint density at radius 1 is 1.00 bits per heavy atom. The lowest BCUT2D eigenvalue weighted by Crippen LogP contribution is -2.48.